The molecule has 1 aliphatic rings. The molecule has 1 aromatic heterocycles. The molecule has 3 unspecified atom stereocenters. The van der Waals surface area contributed by atoms with E-state index in [2.05, 4.69) is 9.51 Å². The maximum absolute atomic E-state index is 11.7. The van der Waals surface area contributed by atoms with Gasteiger partial charge in [0.05, 0.1) is 12.7 Å². The molecule has 1 aliphatic heterocycles. The van der Waals surface area contributed by atoms with Gasteiger partial charge in [-0.25, -0.2) is 9.36 Å². The van der Waals surface area contributed by atoms with Crippen molar-refractivity contribution in [3.8, 4) is 0 Å². The van der Waals surface area contributed by atoms with Gasteiger partial charge in [0.15, 0.2) is 0 Å². The van der Waals surface area contributed by atoms with Crippen molar-refractivity contribution >= 4 is 66.9 Å². The number of ether oxygens (including phenoxy) is 1. The van der Waals surface area contributed by atoms with Gasteiger partial charge in [-0.3, -0.25) is 18.9 Å². The number of aromatic amines is 1. The van der Waals surface area contributed by atoms with Crippen LogP contribution in [-0.4, -0.2) is 113 Å². The van der Waals surface area contributed by atoms with Crippen LogP contribution in [0.2, 0.25) is 0 Å². The minimum Gasteiger partial charge on any atom is -0.412 e. The molecule has 25 heavy (non-hydrogen) atoms. The third-order valence-corrected chi connectivity index (χ3v) is 3.55. The van der Waals surface area contributed by atoms with E-state index in [1.165, 1.54) is 13.1 Å². The van der Waals surface area contributed by atoms with Crippen LogP contribution in [0.5, 0.6) is 0 Å². The molecule has 2 radical (unpaired) electrons. The summed E-state index contributed by atoms with van der Waals surface area (Å²) in [6.45, 7) is 0.994. The predicted molar refractivity (Wildman–Crippen MR) is 87.3 cm³/mol. The number of H-pyrrole nitrogens is 1. The largest absolute Gasteiger partial charge is 0.469 e. The number of aliphatic hydroxyl groups is 1. The number of phosphoric ester groups is 1. The van der Waals surface area contributed by atoms with Crippen LogP contribution >= 0.6 is 7.82 Å². The Kier molecular flexibility index (Phi) is 14.8. The summed E-state index contributed by atoms with van der Waals surface area (Å²) in [4.78, 5) is 42.3. The van der Waals surface area contributed by atoms with E-state index in [9.17, 15) is 19.3 Å². The first kappa shape index (κ1) is 30.4. The van der Waals surface area contributed by atoms with E-state index >= 15 is 0 Å². The van der Waals surface area contributed by atoms with Crippen LogP contribution in [-0.2, 0) is 13.8 Å². The summed E-state index contributed by atoms with van der Waals surface area (Å²) in [5, 5.41) is 9.79. The van der Waals surface area contributed by atoms with Crippen LogP contribution in [0.1, 0.15) is 18.2 Å². The van der Waals surface area contributed by atoms with Crippen LogP contribution in [0.15, 0.2) is 15.8 Å². The fraction of sp³-hybridized carbons (Fsp3) is 0.600. The molecule has 0 saturated carbocycles. The van der Waals surface area contributed by atoms with Crippen molar-refractivity contribution in [3.63, 3.8) is 0 Å². The van der Waals surface area contributed by atoms with Crippen LogP contribution in [0.4, 0.5) is 0 Å². The molecule has 2 heterocycles. The average Bonchev–Trinajstić information content (AvgIpc) is 2.72. The number of nitrogens with one attached hydrogen (secondary N) is 1. The number of nitrogens with zero attached hydrogens (tertiary/aromatic N) is 1. The molecule has 1 fully saturated rings. The minimum atomic E-state index is -4.67. The fourth-order valence-corrected chi connectivity index (χ4v) is 2.35. The van der Waals surface area contributed by atoms with Crippen LogP contribution in [0, 0.1) is 6.92 Å². The number of phosphoric acid groups is 1. The molecule has 0 aromatic carbocycles. The normalized spacial score (nSPS) is 22.0. The van der Waals surface area contributed by atoms with Gasteiger partial charge in [-0.2, -0.15) is 0 Å². The zero-order valence-corrected chi connectivity index (χ0v) is 18.9. The Balaban J connectivity index is -0.00000121. The Bertz CT molecular complexity index is 689. The van der Waals surface area contributed by atoms with E-state index in [1.54, 1.807) is 0 Å². The summed E-state index contributed by atoms with van der Waals surface area (Å²) < 4.78 is 21.4. The first-order valence-corrected chi connectivity index (χ1v) is 7.56. The number of aromatic nitrogens is 2. The summed E-state index contributed by atoms with van der Waals surface area (Å²) in [7, 11) is -4.67. The quantitative estimate of drug-likeness (QED) is 0.287. The SMILES string of the molecule is Cc1cn(C2CC(O)C(COP(=O)(O)O)O2)c(=O)[nH]c1=O.O.O.[Na].[Na]. The topological polar surface area (TPSA) is 214 Å². The maximum atomic E-state index is 11.7. The van der Waals surface area contributed by atoms with E-state index in [0.717, 1.165) is 4.57 Å². The minimum absolute atomic E-state index is 0. The molecule has 136 valence electrons. The molecule has 1 saturated heterocycles. The Labute approximate surface area is 186 Å². The Hall–Kier alpha value is 0.630. The van der Waals surface area contributed by atoms with E-state index in [-0.39, 0.29) is 76.5 Å². The molecule has 0 bridgehead atoms. The van der Waals surface area contributed by atoms with Crippen molar-refractivity contribution in [2.45, 2.75) is 31.8 Å². The molecule has 15 heteroatoms. The number of rotatable bonds is 4. The molecule has 12 nitrogen and oxygen atoms in total. The van der Waals surface area contributed by atoms with Crippen LogP contribution in [0.25, 0.3) is 0 Å². The summed E-state index contributed by atoms with van der Waals surface area (Å²) in [6.07, 6.45) is -1.57. The summed E-state index contributed by atoms with van der Waals surface area (Å²) in [5.41, 5.74) is -0.918. The standard InChI is InChI=1S/C10H15N2O8P.2Na.2H2O/c1-5-3-12(10(15)11-9(5)14)8-2-6(13)7(20-8)4-19-21(16,17)18;;;;/h3,6-8,13H,2,4H2,1H3,(H,11,14,15)(H2,16,17,18);;;2*1H2. The Morgan fingerprint density at radius 1 is 1.36 bits per heavy atom. The molecule has 0 aliphatic carbocycles. The van der Waals surface area contributed by atoms with Gasteiger partial charge in [0.1, 0.15) is 12.3 Å². The van der Waals surface area contributed by atoms with Gasteiger partial charge in [0.2, 0.25) is 0 Å². The van der Waals surface area contributed by atoms with Gasteiger partial charge >= 0.3 is 13.5 Å². The monoisotopic (exact) mass is 404 g/mol. The van der Waals surface area contributed by atoms with Gasteiger partial charge in [-0.15, -0.1) is 0 Å². The first-order chi connectivity index (χ1) is 9.67. The third kappa shape index (κ3) is 8.45. The van der Waals surface area contributed by atoms with Gasteiger partial charge in [-0.05, 0) is 6.92 Å². The number of hydrogen-bond acceptors (Lipinski definition) is 6. The average molecular weight is 404 g/mol. The zero-order chi connectivity index (χ0) is 15.8. The van der Waals surface area contributed by atoms with E-state index < -0.39 is 44.1 Å². The van der Waals surface area contributed by atoms with Crippen molar-refractivity contribution in [2.75, 3.05) is 6.61 Å². The van der Waals surface area contributed by atoms with Crippen molar-refractivity contribution in [3.05, 3.63) is 32.6 Å². The number of aryl methyl sites for hydroxylation is 1. The van der Waals surface area contributed by atoms with Crippen molar-refractivity contribution < 1.29 is 39.7 Å². The second kappa shape index (κ2) is 12.2. The van der Waals surface area contributed by atoms with E-state index in [0.29, 0.717) is 5.56 Å². The van der Waals surface area contributed by atoms with E-state index in [4.69, 9.17) is 14.5 Å². The molecule has 0 amide bonds. The second-order valence-corrected chi connectivity index (χ2v) is 5.94. The summed E-state index contributed by atoms with van der Waals surface area (Å²) in [6, 6.07) is 0. The summed E-state index contributed by atoms with van der Waals surface area (Å²) >= 11 is 0. The third-order valence-electron chi connectivity index (χ3n) is 3.07. The molecular formula is C10H19N2Na2O10P. The molecule has 2 rings (SSSR count). The molecule has 1 aromatic rings. The molecule has 0 spiro atoms. The van der Waals surface area contributed by atoms with Crippen LogP contribution in [0.3, 0.4) is 0 Å². The van der Waals surface area contributed by atoms with Crippen LogP contribution < -0.4 is 11.2 Å². The smallest absolute Gasteiger partial charge is 0.412 e. The van der Waals surface area contributed by atoms with Crippen molar-refractivity contribution in [1.82, 2.24) is 9.55 Å². The zero-order valence-electron chi connectivity index (χ0n) is 14.0. The Morgan fingerprint density at radius 2 is 1.92 bits per heavy atom. The number of aliphatic hydroxyl groups excluding tert-OH is 1. The maximum Gasteiger partial charge on any atom is 0.469 e. The van der Waals surface area contributed by atoms with Crippen molar-refractivity contribution in [2.24, 2.45) is 0 Å². The predicted octanol–water partition coefficient (Wildman–Crippen LogP) is -3.81. The molecule has 8 N–H and O–H groups in total. The van der Waals surface area contributed by atoms with Gasteiger partial charge in [0.25, 0.3) is 5.56 Å². The fourth-order valence-electron chi connectivity index (χ4n) is 2.01. The second-order valence-electron chi connectivity index (χ2n) is 4.70. The molecule has 3 atom stereocenters. The van der Waals surface area contributed by atoms with E-state index in [1.807, 2.05) is 0 Å². The van der Waals surface area contributed by atoms with Gasteiger partial charge in [0, 0.05) is 77.3 Å². The molecular weight excluding hydrogens is 385 g/mol. The van der Waals surface area contributed by atoms with Gasteiger partial charge < -0.3 is 30.6 Å². The Morgan fingerprint density at radius 3 is 2.44 bits per heavy atom. The number of hydrogen-bond donors (Lipinski definition) is 4. The van der Waals surface area contributed by atoms with Gasteiger partial charge in [-0.1, -0.05) is 0 Å². The summed E-state index contributed by atoms with van der Waals surface area (Å²) in [5.74, 6) is 0. The van der Waals surface area contributed by atoms with Crippen molar-refractivity contribution in [1.29, 1.82) is 0 Å². The first-order valence-electron chi connectivity index (χ1n) is 6.03.